The lowest BCUT2D eigenvalue weighted by Gasteiger charge is -2.33. The summed E-state index contributed by atoms with van der Waals surface area (Å²) in [5.41, 5.74) is 2.51. The van der Waals surface area contributed by atoms with E-state index in [-0.39, 0.29) is 35.4 Å². The van der Waals surface area contributed by atoms with Gasteiger partial charge in [0.2, 0.25) is 5.91 Å². The minimum atomic E-state index is -0.284. The fourth-order valence-corrected chi connectivity index (χ4v) is 4.46. The number of carbonyl (C=O) groups is 2. The van der Waals surface area contributed by atoms with E-state index in [4.69, 9.17) is 0 Å². The highest BCUT2D eigenvalue weighted by atomic mass is 19.1. The van der Waals surface area contributed by atoms with Crippen LogP contribution >= 0.6 is 0 Å². The second kappa shape index (κ2) is 7.47. The van der Waals surface area contributed by atoms with Gasteiger partial charge >= 0.3 is 0 Å². The molecule has 156 valence electrons. The number of carbonyl (C=O) groups excluding carboxylic acids is 2. The van der Waals surface area contributed by atoms with Gasteiger partial charge in [0.15, 0.2) is 5.82 Å². The average Bonchev–Trinajstić information content (AvgIpc) is 3.45. The summed E-state index contributed by atoms with van der Waals surface area (Å²) in [6.07, 6.45) is 3.75. The van der Waals surface area contributed by atoms with E-state index >= 15 is 4.39 Å². The maximum atomic E-state index is 15.6. The van der Waals surface area contributed by atoms with E-state index in [0.717, 1.165) is 43.2 Å². The van der Waals surface area contributed by atoms with Crippen LogP contribution in [0.15, 0.2) is 12.1 Å². The van der Waals surface area contributed by atoms with Gasteiger partial charge in [-0.15, -0.1) is 0 Å². The highest BCUT2D eigenvalue weighted by molar-refractivity contribution is 5.99. The number of aromatic nitrogens is 1. The second-order valence-corrected chi connectivity index (χ2v) is 9.09. The first kappa shape index (κ1) is 19.9. The molecule has 2 heterocycles. The Labute approximate surface area is 171 Å². The zero-order chi connectivity index (χ0) is 20.9. The third-order valence-electron chi connectivity index (χ3n) is 6.27. The molecule has 1 aromatic carbocycles. The number of H-pyrrole nitrogens is 1. The van der Waals surface area contributed by atoms with Crippen LogP contribution in [0.5, 0.6) is 0 Å². The number of aromatic amines is 1. The number of hydrogen-bond acceptors (Lipinski definition) is 2. The highest BCUT2D eigenvalue weighted by Gasteiger charge is 2.36. The first-order valence-corrected chi connectivity index (χ1v) is 10.6. The molecule has 0 radical (unpaired) electrons. The summed E-state index contributed by atoms with van der Waals surface area (Å²) in [6, 6.07) is 3.74. The topological polar surface area (TPSA) is 56.4 Å². The Morgan fingerprint density at radius 2 is 1.93 bits per heavy atom. The van der Waals surface area contributed by atoms with Crippen molar-refractivity contribution in [2.75, 3.05) is 27.2 Å². The molecule has 1 unspecified atom stereocenters. The average molecular weight is 400 g/mol. The molecule has 1 saturated carbocycles. The van der Waals surface area contributed by atoms with Gasteiger partial charge in [-0.25, -0.2) is 4.39 Å². The van der Waals surface area contributed by atoms with Crippen LogP contribution in [0, 0.1) is 11.7 Å². The molecule has 2 aliphatic rings. The number of amides is 2. The fraction of sp³-hybridized carbons (Fsp3) is 0.565. The van der Waals surface area contributed by atoms with Crippen molar-refractivity contribution in [3.8, 4) is 0 Å². The third-order valence-corrected chi connectivity index (χ3v) is 6.27. The van der Waals surface area contributed by atoms with E-state index in [1.54, 1.807) is 20.2 Å². The van der Waals surface area contributed by atoms with E-state index in [1.807, 2.05) is 11.0 Å². The molecular weight excluding hydrogens is 369 g/mol. The Bertz CT molecular complexity index is 959. The van der Waals surface area contributed by atoms with Crippen molar-refractivity contribution in [1.29, 1.82) is 0 Å². The summed E-state index contributed by atoms with van der Waals surface area (Å²) in [5, 5.41) is 0.771. The Kier molecular flexibility index (Phi) is 5.13. The SMILES string of the molecule is CC(C)c1cc(C2CCCN(C(=O)C3CC3)C2)c(F)c2[nH]c(C(=O)N(C)C)cc12. The Balaban J connectivity index is 1.74. The molecule has 0 bridgehead atoms. The summed E-state index contributed by atoms with van der Waals surface area (Å²) in [4.78, 5) is 31.4. The van der Waals surface area contributed by atoms with Crippen LogP contribution in [0.2, 0.25) is 0 Å². The quantitative estimate of drug-likeness (QED) is 0.836. The predicted molar refractivity (Wildman–Crippen MR) is 112 cm³/mol. The van der Waals surface area contributed by atoms with Gasteiger partial charge in [-0.1, -0.05) is 19.9 Å². The Morgan fingerprint density at radius 3 is 2.55 bits per heavy atom. The molecule has 1 atom stereocenters. The van der Waals surface area contributed by atoms with Crippen molar-refractivity contribution in [2.45, 2.75) is 51.4 Å². The van der Waals surface area contributed by atoms with Gasteiger partial charge in [0.05, 0.1) is 5.52 Å². The first-order chi connectivity index (χ1) is 13.8. The van der Waals surface area contributed by atoms with Crippen LogP contribution in [0.1, 0.15) is 73.0 Å². The molecule has 2 aromatic rings. The minimum absolute atomic E-state index is 0.00958. The maximum absolute atomic E-state index is 15.6. The molecule has 0 spiro atoms. The standard InChI is InChI=1S/C23H30FN3O2/c1-13(2)16-10-17(15-6-5-9-27(12-15)22(28)14-7-8-14)20(24)21-18(16)11-19(25-21)23(29)26(3)4/h10-11,13-15,25H,5-9,12H2,1-4H3. The predicted octanol–water partition coefficient (Wildman–Crippen LogP) is 4.25. The van der Waals surface area contributed by atoms with Crippen LogP contribution in [-0.2, 0) is 4.79 Å². The Morgan fingerprint density at radius 1 is 1.21 bits per heavy atom. The van der Waals surface area contributed by atoms with Crippen LogP contribution in [-0.4, -0.2) is 53.8 Å². The molecule has 1 N–H and O–H groups in total. The lowest BCUT2D eigenvalue weighted by atomic mass is 9.86. The molecule has 1 aliphatic carbocycles. The molecule has 1 saturated heterocycles. The van der Waals surface area contributed by atoms with Crippen molar-refractivity contribution in [3.05, 3.63) is 34.8 Å². The number of nitrogens with zero attached hydrogens (tertiary/aromatic N) is 2. The molecule has 2 fully saturated rings. The largest absolute Gasteiger partial charge is 0.348 e. The number of benzene rings is 1. The molecule has 1 aromatic heterocycles. The lowest BCUT2D eigenvalue weighted by molar-refractivity contribution is -0.133. The number of nitrogens with one attached hydrogen (secondary N) is 1. The van der Waals surface area contributed by atoms with Crippen LogP contribution < -0.4 is 0 Å². The first-order valence-electron chi connectivity index (χ1n) is 10.6. The summed E-state index contributed by atoms with van der Waals surface area (Å²) >= 11 is 0. The molecule has 2 amide bonds. The van der Waals surface area contributed by atoms with Crippen molar-refractivity contribution in [2.24, 2.45) is 5.92 Å². The van der Waals surface area contributed by atoms with E-state index in [0.29, 0.717) is 23.3 Å². The molecule has 6 heteroatoms. The van der Waals surface area contributed by atoms with Crippen LogP contribution in [0.3, 0.4) is 0 Å². The number of rotatable bonds is 4. The lowest BCUT2D eigenvalue weighted by Crippen LogP contribution is -2.40. The third kappa shape index (κ3) is 3.65. The zero-order valence-electron chi connectivity index (χ0n) is 17.7. The maximum Gasteiger partial charge on any atom is 0.269 e. The monoisotopic (exact) mass is 399 g/mol. The van der Waals surface area contributed by atoms with Gasteiger partial charge in [0, 0.05) is 44.4 Å². The van der Waals surface area contributed by atoms with E-state index in [2.05, 4.69) is 18.8 Å². The smallest absolute Gasteiger partial charge is 0.269 e. The van der Waals surface area contributed by atoms with Gasteiger partial charge in [-0.3, -0.25) is 9.59 Å². The minimum Gasteiger partial charge on any atom is -0.348 e. The van der Waals surface area contributed by atoms with Crippen molar-refractivity contribution in [3.63, 3.8) is 0 Å². The van der Waals surface area contributed by atoms with Gasteiger partial charge in [0.25, 0.3) is 5.91 Å². The number of halogens is 1. The normalized spacial score (nSPS) is 19.8. The summed E-state index contributed by atoms with van der Waals surface area (Å²) in [7, 11) is 3.37. The molecule has 29 heavy (non-hydrogen) atoms. The van der Waals surface area contributed by atoms with Gasteiger partial charge in [0.1, 0.15) is 5.69 Å². The van der Waals surface area contributed by atoms with Crippen LogP contribution in [0.4, 0.5) is 4.39 Å². The van der Waals surface area contributed by atoms with Crippen molar-refractivity contribution < 1.29 is 14.0 Å². The van der Waals surface area contributed by atoms with Crippen molar-refractivity contribution >= 4 is 22.7 Å². The zero-order valence-corrected chi connectivity index (χ0v) is 17.7. The number of likely N-dealkylation sites (tertiary alicyclic amines) is 1. The van der Waals surface area contributed by atoms with Crippen LogP contribution in [0.25, 0.3) is 10.9 Å². The Hall–Kier alpha value is -2.37. The van der Waals surface area contributed by atoms with E-state index < -0.39 is 0 Å². The second-order valence-electron chi connectivity index (χ2n) is 9.09. The number of hydrogen-bond donors (Lipinski definition) is 1. The van der Waals surface area contributed by atoms with Gasteiger partial charge < -0.3 is 14.8 Å². The van der Waals surface area contributed by atoms with E-state index in [1.165, 1.54) is 4.90 Å². The summed E-state index contributed by atoms with van der Waals surface area (Å²) in [5.74, 6) is 0.158. The van der Waals surface area contributed by atoms with Crippen molar-refractivity contribution in [1.82, 2.24) is 14.8 Å². The van der Waals surface area contributed by atoms with Gasteiger partial charge in [-0.2, -0.15) is 0 Å². The van der Waals surface area contributed by atoms with E-state index in [9.17, 15) is 9.59 Å². The summed E-state index contributed by atoms with van der Waals surface area (Å²) in [6.45, 7) is 5.53. The molecule has 1 aliphatic heterocycles. The molecule has 4 rings (SSSR count). The van der Waals surface area contributed by atoms with Gasteiger partial charge in [-0.05, 0) is 48.8 Å². The fourth-order valence-electron chi connectivity index (χ4n) is 4.46. The summed E-state index contributed by atoms with van der Waals surface area (Å²) < 4.78 is 15.6. The highest BCUT2D eigenvalue weighted by Crippen LogP contribution is 2.38. The molecular formula is C23H30FN3O2. The number of fused-ring (bicyclic) bond motifs is 1. The molecule has 5 nitrogen and oxygen atoms in total. The number of piperidine rings is 1.